The van der Waals surface area contributed by atoms with Crippen LogP contribution in [0.15, 0.2) is 71.6 Å². The van der Waals surface area contributed by atoms with E-state index in [4.69, 9.17) is 9.47 Å². The van der Waals surface area contributed by atoms with Gasteiger partial charge in [-0.3, -0.25) is 13.9 Å². The van der Waals surface area contributed by atoms with Crippen LogP contribution in [-0.2, 0) is 26.2 Å². The zero-order valence-corrected chi connectivity index (χ0v) is 26.9. The third-order valence-electron chi connectivity index (χ3n) is 7.53. The largest absolute Gasteiger partial charge is 0.497 e. The number of anilines is 1. The number of amides is 2. The third-order valence-corrected chi connectivity index (χ3v) is 9.31. The quantitative estimate of drug-likeness (QED) is 0.268. The molecular weight excluding hydrogens is 566 g/mol. The minimum absolute atomic E-state index is 0.0165. The first-order valence-corrected chi connectivity index (χ1v) is 15.9. The average molecular weight is 610 g/mol. The van der Waals surface area contributed by atoms with Crippen LogP contribution in [0.5, 0.6) is 11.5 Å². The number of rotatable bonds is 14. The summed E-state index contributed by atoms with van der Waals surface area (Å²) in [5, 5.41) is 2.99. The van der Waals surface area contributed by atoms with Crippen LogP contribution < -0.4 is 19.1 Å². The van der Waals surface area contributed by atoms with Gasteiger partial charge in [0.1, 0.15) is 24.1 Å². The minimum atomic E-state index is -4.26. The molecule has 3 rings (SSSR count). The molecular formula is C33H43N3O6S. The molecule has 9 nitrogen and oxygen atoms in total. The first-order chi connectivity index (χ1) is 20.5. The molecule has 1 N–H and O–H groups in total. The summed E-state index contributed by atoms with van der Waals surface area (Å²) in [6.07, 6.45) is 1.07. The molecule has 0 aromatic heterocycles. The second kappa shape index (κ2) is 14.9. The molecule has 0 unspecified atom stereocenters. The highest BCUT2D eigenvalue weighted by Gasteiger charge is 2.35. The maximum absolute atomic E-state index is 14.4. The Kier molecular flexibility index (Phi) is 11.6. The van der Waals surface area contributed by atoms with E-state index in [9.17, 15) is 18.0 Å². The lowest BCUT2D eigenvalue weighted by atomic mass is 10.1. The van der Waals surface area contributed by atoms with Crippen LogP contribution in [0.3, 0.4) is 0 Å². The molecule has 2 amide bonds. The monoisotopic (exact) mass is 609 g/mol. The fourth-order valence-electron chi connectivity index (χ4n) is 4.67. The van der Waals surface area contributed by atoms with Crippen LogP contribution in [0.1, 0.15) is 50.3 Å². The lowest BCUT2D eigenvalue weighted by Gasteiger charge is -2.34. The molecule has 0 spiro atoms. The number of nitrogens with one attached hydrogen (secondary N) is 1. The SMILES string of the molecule is CC[C@@H](C)NC(=O)[C@@H](CC)N(Cc1ccccc1C)C(=O)CN(c1cc(OC)ccc1OC)S(=O)(=O)c1ccc(C)cc1. The van der Waals surface area contributed by atoms with E-state index in [0.29, 0.717) is 12.2 Å². The van der Waals surface area contributed by atoms with E-state index >= 15 is 0 Å². The van der Waals surface area contributed by atoms with Gasteiger partial charge in [-0.1, -0.05) is 55.8 Å². The zero-order chi connectivity index (χ0) is 31.7. The molecule has 2 atom stereocenters. The summed E-state index contributed by atoms with van der Waals surface area (Å²) in [5.74, 6) is -0.180. The molecule has 232 valence electrons. The number of hydrogen-bond acceptors (Lipinski definition) is 6. The first-order valence-electron chi connectivity index (χ1n) is 14.4. The molecule has 0 heterocycles. The standard InChI is InChI=1S/C33H43N3O6S/c1-8-25(5)34-33(38)29(9-2)35(21-26-13-11-10-12-24(26)4)32(37)22-36(30-20-27(41-6)16-19-31(30)42-7)43(39,40)28-17-14-23(3)15-18-28/h10-20,25,29H,8-9,21-22H2,1-7H3,(H,34,38)/t25-,29-/m1/s1. The first kappa shape index (κ1) is 33.5. The summed E-state index contributed by atoms with van der Waals surface area (Å²) in [6, 6.07) is 17.9. The van der Waals surface area contributed by atoms with Gasteiger partial charge in [0.2, 0.25) is 11.8 Å². The van der Waals surface area contributed by atoms with Gasteiger partial charge in [0, 0.05) is 18.7 Å². The Morgan fingerprint density at radius 3 is 2.16 bits per heavy atom. The summed E-state index contributed by atoms with van der Waals surface area (Å²) in [4.78, 5) is 29.3. The number of carbonyl (C=O) groups is 2. The van der Waals surface area contributed by atoms with Crippen molar-refractivity contribution in [2.75, 3.05) is 25.1 Å². The Morgan fingerprint density at radius 1 is 0.907 bits per heavy atom. The molecule has 0 saturated carbocycles. The number of sulfonamides is 1. The van der Waals surface area contributed by atoms with E-state index in [0.717, 1.165) is 27.4 Å². The Hall–Kier alpha value is -4.05. The van der Waals surface area contributed by atoms with Gasteiger partial charge >= 0.3 is 0 Å². The number of methoxy groups -OCH3 is 2. The summed E-state index contributed by atoms with van der Waals surface area (Å²) >= 11 is 0. The number of hydrogen-bond donors (Lipinski definition) is 1. The summed E-state index contributed by atoms with van der Waals surface area (Å²) in [5.41, 5.74) is 2.85. The van der Waals surface area contributed by atoms with E-state index in [1.807, 2.05) is 58.9 Å². The lowest BCUT2D eigenvalue weighted by Crippen LogP contribution is -2.53. The molecule has 3 aromatic carbocycles. The van der Waals surface area contributed by atoms with Crippen molar-refractivity contribution in [3.8, 4) is 11.5 Å². The normalized spacial score (nSPS) is 12.6. The fourth-order valence-corrected chi connectivity index (χ4v) is 6.09. The van der Waals surface area contributed by atoms with Gasteiger partial charge in [0.15, 0.2) is 0 Å². The highest BCUT2D eigenvalue weighted by molar-refractivity contribution is 7.92. The van der Waals surface area contributed by atoms with Crippen LogP contribution in [0, 0.1) is 13.8 Å². The molecule has 0 radical (unpaired) electrons. The molecule has 10 heteroatoms. The second-order valence-corrected chi connectivity index (χ2v) is 12.4. The van der Waals surface area contributed by atoms with Crippen molar-refractivity contribution in [1.29, 1.82) is 0 Å². The molecule has 0 aliphatic rings. The number of ether oxygens (including phenoxy) is 2. The van der Waals surface area contributed by atoms with Gasteiger partial charge in [-0.2, -0.15) is 0 Å². The van der Waals surface area contributed by atoms with Gasteiger partial charge in [0.05, 0.1) is 24.8 Å². The number of nitrogens with zero attached hydrogens (tertiary/aromatic N) is 2. The van der Waals surface area contributed by atoms with Crippen molar-refractivity contribution in [2.45, 2.75) is 71.0 Å². The van der Waals surface area contributed by atoms with E-state index in [-0.39, 0.29) is 34.8 Å². The molecule has 3 aromatic rings. The van der Waals surface area contributed by atoms with Crippen LogP contribution in [-0.4, -0.2) is 58.0 Å². The van der Waals surface area contributed by atoms with Gasteiger partial charge in [-0.25, -0.2) is 8.42 Å². The fraction of sp³-hybridized carbons (Fsp3) is 0.394. The van der Waals surface area contributed by atoms with Crippen molar-refractivity contribution in [3.05, 3.63) is 83.4 Å². The number of benzene rings is 3. The predicted octanol–water partition coefficient (Wildman–Crippen LogP) is 5.24. The Morgan fingerprint density at radius 2 is 1.58 bits per heavy atom. The molecule has 43 heavy (non-hydrogen) atoms. The highest BCUT2D eigenvalue weighted by atomic mass is 32.2. The summed E-state index contributed by atoms with van der Waals surface area (Å²) in [7, 11) is -1.36. The Bertz CT molecular complexity index is 1510. The minimum Gasteiger partial charge on any atom is -0.497 e. The molecule has 0 aliphatic heterocycles. The molecule has 0 fully saturated rings. The lowest BCUT2D eigenvalue weighted by molar-refractivity contribution is -0.140. The summed E-state index contributed by atoms with van der Waals surface area (Å²) in [6.45, 7) is 9.07. The van der Waals surface area contributed by atoms with Crippen LogP contribution >= 0.6 is 0 Å². The van der Waals surface area contributed by atoms with Crippen molar-refractivity contribution in [1.82, 2.24) is 10.2 Å². The van der Waals surface area contributed by atoms with Gasteiger partial charge < -0.3 is 19.7 Å². The predicted molar refractivity (Wildman–Crippen MR) is 169 cm³/mol. The average Bonchev–Trinajstić information content (AvgIpc) is 3.00. The highest BCUT2D eigenvalue weighted by Crippen LogP contribution is 2.36. The Balaban J connectivity index is 2.16. The van der Waals surface area contributed by atoms with Crippen molar-refractivity contribution in [3.63, 3.8) is 0 Å². The van der Waals surface area contributed by atoms with E-state index < -0.39 is 28.5 Å². The smallest absolute Gasteiger partial charge is 0.264 e. The van der Waals surface area contributed by atoms with Gasteiger partial charge in [-0.05, 0) is 69.0 Å². The van der Waals surface area contributed by atoms with Gasteiger partial charge in [0.25, 0.3) is 10.0 Å². The topological polar surface area (TPSA) is 105 Å². The maximum atomic E-state index is 14.4. The van der Waals surface area contributed by atoms with E-state index in [1.165, 1.54) is 37.3 Å². The molecule has 0 bridgehead atoms. The van der Waals surface area contributed by atoms with Crippen molar-refractivity contribution < 1.29 is 27.5 Å². The van der Waals surface area contributed by atoms with E-state index in [2.05, 4.69) is 5.32 Å². The second-order valence-electron chi connectivity index (χ2n) is 10.6. The number of aryl methyl sites for hydroxylation is 2. The third kappa shape index (κ3) is 8.07. The van der Waals surface area contributed by atoms with Crippen LogP contribution in [0.2, 0.25) is 0 Å². The van der Waals surface area contributed by atoms with Crippen LogP contribution in [0.4, 0.5) is 5.69 Å². The van der Waals surface area contributed by atoms with Crippen LogP contribution in [0.25, 0.3) is 0 Å². The zero-order valence-electron chi connectivity index (χ0n) is 26.1. The number of carbonyl (C=O) groups excluding carboxylic acids is 2. The van der Waals surface area contributed by atoms with Crippen molar-refractivity contribution >= 4 is 27.5 Å². The summed E-state index contributed by atoms with van der Waals surface area (Å²) < 4.78 is 40.4. The Labute approximate surface area is 255 Å². The van der Waals surface area contributed by atoms with Crippen molar-refractivity contribution in [2.24, 2.45) is 0 Å². The van der Waals surface area contributed by atoms with Gasteiger partial charge in [-0.15, -0.1) is 0 Å². The maximum Gasteiger partial charge on any atom is 0.264 e. The van der Waals surface area contributed by atoms with E-state index in [1.54, 1.807) is 24.3 Å². The molecule has 0 saturated heterocycles. The molecule has 0 aliphatic carbocycles.